The van der Waals surface area contributed by atoms with Crippen LogP contribution in [0.3, 0.4) is 0 Å². The zero-order valence-corrected chi connectivity index (χ0v) is 12.8. The number of fused-ring (bicyclic) bond motifs is 1. The van der Waals surface area contributed by atoms with E-state index in [0.29, 0.717) is 0 Å². The third-order valence-corrected chi connectivity index (χ3v) is 4.59. The molecule has 0 aromatic carbocycles. The van der Waals surface area contributed by atoms with Crippen LogP contribution in [0.25, 0.3) is 4.96 Å². The second-order valence-electron chi connectivity index (χ2n) is 5.20. The summed E-state index contributed by atoms with van der Waals surface area (Å²) in [6, 6.07) is 0. The Labute approximate surface area is 123 Å². The Morgan fingerprint density at radius 3 is 3.05 bits per heavy atom. The average molecular weight is 294 g/mol. The van der Waals surface area contributed by atoms with Gasteiger partial charge in [0.1, 0.15) is 5.69 Å². The van der Waals surface area contributed by atoms with E-state index in [1.807, 2.05) is 0 Å². The van der Waals surface area contributed by atoms with Crippen LogP contribution in [-0.4, -0.2) is 47.6 Å². The minimum atomic E-state index is 0.740. The van der Waals surface area contributed by atoms with Crippen molar-refractivity contribution in [1.29, 1.82) is 0 Å². The van der Waals surface area contributed by atoms with Crippen LogP contribution >= 0.6 is 11.3 Å². The van der Waals surface area contributed by atoms with Crippen molar-refractivity contribution in [1.82, 2.24) is 19.6 Å². The van der Waals surface area contributed by atoms with Crippen molar-refractivity contribution in [3.05, 3.63) is 17.3 Å². The Hall–Kier alpha value is -1.11. The molecule has 3 heterocycles. The Morgan fingerprint density at radius 2 is 2.25 bits per heavy atom. The van der Waals surface area contributed by atoms with Crippen molar-refractivity contribution in [3.8, 4) is 5.88 Å². The van der Waals surface area contributed by atoms with Gasteiger partial charge in [-0.2, -0.15) is 4.98 Å². The number of thiazole rings is 1. The lowest BCUT2D eigenvalue weighted by Gasteiger charge is -2.14. The third-order valence-electron chi connectivity index (χ3n) is 3.84. The van der Waals surface area contributed by atoms with Crippen molar-refractivity contribution in [3.63, 3.8) is 0 Å². The largest absolute Gasteiger partial charge is 0.480 e. The van der Waals surface area contributed by atoms with Crippen molar-refractivity contribution in [2.45, 2.75) is 25.8 Å². The second-order valence-corrected chi connectivity index (χ2v) is 6.08. The molecule has 1 aliphatic rings. The summed E-state index contributed by atoms with van der Waals surface area (Å²) < 4.78 is 7.46. The number of ether oxygens (including phenoxy) is 1. The van der Waals surface area contributed by atoms with Crippen molar-refractivity contribution < 1.29 is 4.74 Å². The minimum Gasteiger partial charge on any atom is -0.480 e. The van der Waals surface area contributed by atoms with Gasteiger partial charge in [-0.25, -0.2) is 0 Å². The molecule has 0 saturated carbocycles. The fourth-order valence-electron chi connectivity index (χ4n) is 2.78. The predicted molar refractivity (Wildman–Crippen MR) is 81.6 cm³/mol. The zero-order chi connectivity index (χ0) is 13.8. The first-order valence-electron chi connectivity index (χ1n) is 7.30. The number of hydrogen-bond donors (Lipinski definition) is 1. The maximum absolute atomic E-state index is 5.35. The molecular weight excluding hydrogens is 272 g/mol. The van der Waals surface area contributed by atoms with Gasteiger partial charge in [-0.05, 0) is 45.4 Å². The molecule has 0 spiro atoms. The maximum atomic E-state index is 5.35. The Balaban J connectivity index is 1.47. The first kappa shape index (κ1) is 13.9. The van der Waals surface area contributed by atoms with Crippen molar-refractivity contribution in [2.75, 3.05) is 33.3 Å². The van der Waals surface area contributed by atoms with Crippen molar-refractivity contribution >= 4 is 16.3 Å². The quantitative estimate of drug-likeness (QED) is 0.793. The Morgan fingerprint density at radius 1 is 1.40 bits per heavy atom. The number of nitrogens with zero attached hydrogens (tertiary/aromatic N) is 3. The summed E-state index contributed by atoms with van der Waals surface area (Å²) in [5.74, 6) is 0.740. The highest BCUT2D eigenvalue weighted by atomic mass is 32.1. The molecule has 1 saturated heterocycles. The second kappa shape index (κ2) is 6.56. The molecule has 5 nitrogen and oxygen atoms in total. The average Bonchev–Trinajstić information content (AvgIpc) is 3.15. The lowest BCUT2D eigenvalue weighted by atomic mass is 10.3. The third kappa shape index (κ3) is 2.97. The monoisotopic (exact) mass is 294 g/mol. The van der Waals surface area contributed by atoms with E-state index in [4.69, 9.17) is 4.74 Å². The summed E-state index contributed by atoms with van der Waals surface area (Å²) in [4.78, 5) is 8.01. The minimum absolute atomic E-state index is 0.740. The zero-order valence-electron chi connectivity index (χ0n) is 12.0. The van der Waals surface area contributed by atoms with Gasteiger partial charge in [0, 0.05) is 18.1 Å². The molecule has 0 aliphatic carbocycles. The van der Waals surface area contributed by atoms with Crippen LogP contribution in [0.4, 0.5) is 0 Å². The van der Waals surface area contributed by atoms with E-state index >= 15 is 0 Å². The van der Waals surface area contributed by atoms with E-state index in [9.17, 15) is 0 Å². The van der Waals surface area contributed by atoms with Crippen molar-refractivity contribution in [2.24, 2.45) is 0 Å². The molecule has 1 N–H and O–H groups in total. The molecule has 0 atom stereocenters. The van der Waals surface area contributed by atoms with E-state index in [1.54, 1.807) is 18.4 Å². The standard InChI is InChI=1S/C14H22N4OS/c1-19-13-12(18-9-10-20-14(18)16-13)11-15-5-4-8-17-6-2-3-7-17/h9-10,15H,2-8,11H2,1H3. The molecule has 20 heavy (non-hydrogen) atoms. The lowest BCUT2D eigenvalue weighted by molar-refractivity contribution is 0.330. The van der Waals surface area contributed by atoms with E-state index in [-0.39, 0.29) is 0 Å². The summed E-state index contributed by atoms with van der Waals surface area (Å²) in [5.41, 5.74) is 1.12. The van der Waals surface area contributed by atoms with Gasteiger partial charge in [0.25, 0.3) is 0 Å². The summed E-state index contributed by atoms with van der Waals surface area (Å²) in [5, 5.41) is 5.56. The van der Waals surface area contributed by atoms with E-state index in [1.165, 1.54) is 38.9 Å². The van der Waals surface area contributed by atoms with Gasteiger partial charge in [0.15, 0.2) is 4.96 Å². The summed E-state index contributed by atoms with van der Waals surface area (Å²) in [6.07, 6.45) is 6.00. The number of imidazole rings is 1. The van der Waals surface area contributed by atoms with Crippen LogP contribution in [0.15, 0.2) is 11.6 Å². The fraction of sp³-hybridized carbons (Fsp3) is 0.643. The SMILES string of the molecule is COc1nc2sccn2c1CNCCCN1CCCC1. The summed E-state index contributed by atoms with van der Waals surface area (Å²) >= 11 is 1.64. The molecule has 0 bridgehead atoms. The molecule has 0 radical (unpaired) electrons. The van der Waals surface area contributed by atoms with Crippen LogP contribution in [0.2, 0.25) is 0 Å². The molecule has 3 rings (SSSR count). The van der Waals surface area contributed by atoms with Crippen LogP contribution in [0, 0.1) is 0 Å². The topological polar surface area (TPSA) is 41.8 Å². The molecule has 0 amide bonds. The number of likely N-dealkylation sites (tertiary alicyclic amines) is 1. The van der Waals surface area contributed by atoms with Gasteiger partial charge >= 0.3 is 0 Å². The Bertz CT molecular complexity index is 544. The fourth-order valence-corrected chi connectivity index (χ4v) is 3.50. The summed E-state index contributed by atoms with van der Waals surface area (Å²) in [6.45, 7) is 5.63. The molecular formula is C14H22N4OS. The molecule has 1 aliphatic heterocycles. The van der Waals surface area contributed by atoms with Gasteiger partial charge in [-0.1, -0.05) is 0 Å². The molecule has 0 unspecified atom stereocenters. The molecule has 1 fully saturated rings. The maximum Gasteiger partial charge on any atom is 0.237 e. The molecule has 2 aromatic rings. The van der Waals surface area contributed by atoms with Gasteiger partial charge in [0.2, 0.25) is 5.88 Å². The van der Waals surface area contributed by atoms with Gasteiger partial charge in [0.05, 0.1) is 7.11 Å². The first-order chi connectivity index (χ1) is 9.88. The number of methoxy groups -OCH3 is 1. The first-order valence-corrected chi connectivity index (χ1v) is 8.18. The van der Waals surface area contributed by atoms with Crippen LogP contribution in [0.5, 0.6) is 5.88 Å². The predicted octanol–water partition coefficient (Wildman–Crippen LogP) is 1.98. The normalized spacial score (nSPS) is 16.2. The van der Waals surface area contributed by atoms with Gasteiger partial charge in [-0.3, -0.25) is 4.40 Å². The number of hydrogen-bond acceptors (Lipinski definition) is 5. The highest BCUT2D eigenvalue weighted by molar-refractivity contribution is 7.15. The van der Waals surface area contributed by atoms with E-state index in [0.717, 1.165) is 29.6 Å². The smallest absolute Gasteiger partial charge is 0.237 e. The highest BCUT2D eigenvalue weighted by Gasteiger charge is 2.13. The van der Waals surface area contributed by atoms with Gasteiger partial charge < -0.3 is 15.0 Å². The molecule has 110 valence electrons. The van der Waals surface area contributed by atoms with Crippen LogP contribution in [-0.2, 0) is 6.54 Å². The Kier molecular flexibility index (Phi) is 4.54. The number of nitrogens with one attached hydrogen (secondary N) is 1. The van der Waals surface area contributed by atoms with Crippen LogP contribution < -0.4 is 10.1 Å². The summed E-state index contributed by atoms with van der Waals surface area (Å²) in [7, 11) is 1.68. The van der Waals surface area contributed by atoms with Gasteiger partial charge in [-0.15, -0.1) is 11.3 Å². The highest BCUT2D eigenvalue weighted by Crippen LogP contribution is 2.22. The lowest BCUT2D eigenvalue weighted by Crippen LogP contribution is -2.25. The van der Waals surface area contributed by atoms with Crippen LogP contribution in [0.1, 0.15) is 25.0 Å². The van der Waals surface area contributed by atoms with E-state index in [2.05, 4.69) is 31.2 Å². The number of rotatable bonds is 7. The van der Waals surface area contributed by atoms with E-state index < -0.39 is 0 Å². The molecule has 6 heteroatoms. The molecule has 2 aromatic heterocycles. The number of aromatic nitrogens is 2.